The van der Waals surface area contributed by atoms with Crippen LogP contribution in [0, 0.1) is 0 Å². The number of fused-ring (bicyclic) bond motifs is 1. The molecule has 0 aromatic heterocycles. The SMILES string of the molecule is Cl.N[C@@H](c1c(O)ccc2ccccc12)C(F)(F)CO. The molecular weight excluding hydrogens is 276 g/mol. The van der Waals surface area contributed by atoms with Gasteiger partial charge in [0, 0.05) is 5.56 Å². The summed E-state index contributed by atoms with van der Waals surface area (Å²) in [5, 5.41) is 19.6. The summed E-state index contributed by atoms with van der Waals surface area (Å²) in [5.41, 5.74) is 5.43. The first kappa shape index (κ1) is 15.6. The predicted molar refractivity (Wildman–Crippen MR) is 71.8 cm³/mol. The Bertz CT molecular complexity index is 578. The molecule has 0 aliphatic carbocycles. The highest BCUT2D eigenvalue weighted by molar-refractivity contribution is 5.88. The van der Waals surface area contributed by atoms with Crippen molar-refractivity contribution < 1.29 is 19.0 Å². The van der Waals surface area contributed by atoms with Crippen molar-refractivity contribution in [3.8, 4) is 5.75 Å². The first-order valence-electron chi connectivity index (χ1n) is 5.42. The maximum atomic E-state index is 13.5. The molecule has 0 aliphatic heterocycles. The fourth-order valence-corrected chi connectivity index (χ4v) is 1.92. The Morgan fingerprint density at radius 3 is 2.42 bits per heavy atom. The summed E-state index contributed by atoms with van der Waals surface area (Å²) in [7, 11) is 0. The van der Waals surface area contributed by atoms with Crippen LogP contribution in [-0.4, -0.2) is 22.7 Å². The molecule has 3 nitrogen and oxygen atoms in total. The maximum Gasteiger partial charge on any atom is 0.289 e. The average molecular weight is 290 g/mol. The van der Waals surface area contributed by atoms with Gasteiger partial charge in [-0.1, -0.05) is 30.3 Å². The van der Waals surface area contributed by atoms with Gasteiger partial charge in [0.1, 0.15) is 18.4 Å². The number of benzene rings is 2. The number of phenols is 1. The molecular formula is C13H14ClF2NO2. The second kappa shape index (κ2) is 5.69. The summed E-state index contributed by atoms with van der Waals surface area (Å²) in [6, 6.07) is 7.98. The van der Waals surface area contributed by atoms with Crippen LogP contribution >= 0.6 is 12.4 Å². The third-order valence-corrected chi connectivity index (χ3v) is 2.92. The monoisotopic (exact) mass is 289 g/mol. The molecule has 2 aromatic carbocycles. The van der Waals surface area contributed by atoms with Crippen molar-refractivity contribution >= 4 is 23.2 Å². The van der Waals surface area contributed by atoms with Crippen LogP contribution in [0.2, 0.25) is 0 Å². The van der Waals surface area contributed by atoms with Gasteiger partial charge in [0.25, 0.3) is 5.92 Å². The first-order chi connectivity index (χ1) is 8.47. The maximum absolute atomic E-state index is 13.5. The Hall–Kier alpha value is -1.43. The van der Waals surface area contributed by atoms with Crippen molar-refractivity contribution in [1.29, 1.82) is 0 Å². The standard InChI is InChI=1S/C13H13F2NO2.ClH/c14-13(15,7-17)12(16)11-9-4-2-1-3-8(9)5-6-10(11)18;/h1-6,12,17-18H,7,16H2;1H/t12-;/m0./s1. The minimum atomic E-state index is -3.48. The number of halogens is 3. The van der Waals surface area contributed by atoms with E-state index in [0.29, 0.717) is 10.8 Å². The van der Waals surface area contributed by atoms with Gasteiger partial charge >= 0.3 is 0 Å². The van der Waals surface area contributed by atoms with Crippen LogP contribution < -0.4 is 5.73 Å². The number of alkyl halides is 2. The van der Waals surface area contributed by atoms with Gasteiger partial charge in [0.05, 0.1) is 0 Å². The Morgan fingerprint density at radius 2 is 1.79 bits per heavy atom. The van der Waals surface area contributed by atoms with Crippen molar-refractivity contribution in [3.63, 3.8) is 0 Å². The van der Waals surface area contributed by atoms with E-state index >= 15 is 0 Å². The van der Waals surface area contributed by atoms with Crippen LogP contribution in [0.4, 0.5) is 8.78 Å². The van der Waals surface area contributed by atoms with Gasteiger partial charge in [-0.2, -0.15) is 0 Å². The number of hydrogen-bond acceptors (Lipinski definition) is 3. The van der Waals surface area contributed by atoms with Gasteiger partial charge in [0.15, 0.2) is 0 Å². The molecule has 0 unspecified atom stereocenters. The topological polar surface area (TPSA) is 66.5 Å². The van der Waals surface area contributed by atoms with Crippen molar-refractivity contribution in [2.75, 3.05) is 6.61 Å². The van der Waals surface area contributed by atoms with Crippen molar-refractivity contribution in [3.05, 3.63) is 42.0 Å². The van der Waals surface area contributed by atoms with Crippen molar-refractivity contribution in [2.24, 2.45) is 5.73 Å². The van der Waals surface area contributed by atoms with Gasteiger partial charge in [0.2, 0.25) is 0 Å². The lowest BCUT2D eigenvalue weighted by molar-refractivity contribution is -0.0712. The Labute approximate surface area is 115 Å². The minimum absolute atomic E-state index is 0. The van der Waals surface area contributed by atoms with E-state index in [4.69, 9.17) is 10.8 Å². The summed E-state index contributed by atoms with van der Waals surface area (Å²) < 4.78 is 26.9. The predicted octanol–water partition coefficient (Wildman–Crippen LogP) is 2.59. The Balaban J connectivity index is 0.00000180. The average Bonchev–Trinajstić information content (AvgIpc) is 2.38. The zero-order valence-electron chi connectivity index (χ0n) is 9.88. The lowest BCUT2D eigenvalue weighted by atomic mass is 9.94. The normalized spacial score (nSPS) is 13.1. The number of aromatic hydroxyl groups is 1. The molecule has 1 atom stereocenters. The summed E-state index contributed by atoms with van der Waals surface area (Å²) in [6.45, 7) is -1.36. The van der Waals surface area contributed by atoms with E-state index in [1.165, 1.54) is 6.07 Å². The molecule has 0 heterocycles. The van der Waals surface area contributed by atoms with Gasteiger partial charge < -0.3 is 15.9 Å². The zero-order valence-corrected chi connectivity index (χ0v) is 10.7. The Morgan fingerprint density at radius 1 is 1.16 bits per heavy atom. The summed E-state index contributed by atoms with van der Waals surface area (Å²) in [5.74, 6) is -3.78. The van der Waals surface area contributed by atoms with E-state index in [9.17, 15) is 13.9 Å². The molecule has 0 fully saturated rings. The van der Waals surface area contributed by atoms with E-state index in [1.54, 1.807) is 30.3 Å². The molecule has 0 aliphatic rings. The fourth-order valence-electron chi connectivity index (χ4n) is 1.92. The van der Waals surface area contributed by atoms with Crippen LogP contribution in [0.25, 0.3) is 10.8 Å². The van der Waals surface area contributed by atoms with Crippen LogP contribution in [0.15, 0.2) is 36.4 Å². The summed E-state index contributed by atoms with van der Waals surface area (Å²) in [6.07, 6.45) is 0. The largest absolute Gasteiger partial charge is 0.508 e. The molecule has 0 amide bonds. The second-order valence-electron chi connectivity index (χ2n) is 4.12. The molecule has 0 saturated carbocycles. The van der Waals surface area contributed by atoms with E-state index < -0.39 is 18.6 Å². The first-order valence-corrected chi connectivity index (χ1v) is 5.42. The number of hydrogen-bond donors (Lipinski definition) is 3. The Kier molecular flexibility index (Phi) is 4.68. The number of phenolic OH excluding ortho intramolecular Hbond substituents is 1. The van der Waals surface area contributed by atoms with Gasteiger partial charge in [-0.25, -0.2) is 8.78 Å². The number of aliphatic hydroxyl groups is 1. The molecule has 0 saturated heterocycles. The van der Waals surface area contributed by atoms with E-state index in [0.717, 1.165) is 0 Å². The molecule has 2 rings (SSSR count). The number of nitrogens with two attached hydrogens (primary N) is 1. The molecule has 104 valence electrons. The quantitative estimate of drug-likeness (QED) is 0.814. The highest BCUT2D eigenvalue weighted by Gasteiger charge is 2.39. The zero-order chi connectivity index (χ0) is 13.3. The van der Waals surface area contributed by atoms with Gasteiger partial charge in [-0.3, -0.25) is 0 Å². The number of aliphatic hydroxyl groups excluding tert-OH is 1. The molecule has 0 bridgehead atoms. The molecule has 4 N–H and O–H groups in total. The molecule has 0 spiro atoms. The van der Waals surface area contributed by atoms with E-state index in [1.807, 2.05) is 0 Å². The van der Waals surface area contributed by atoms with E-state index in [-0.39, 0.29) is 23.7 Å². The van der Waals surface area contributed by atoms with Crippen molar-refractivity contribution in [2.45, 2.75) is 12.0 Å². The fraction of sp³-hybridized carbons (Fsp3) is 0.231. The van der Waals surface area contributed by atoms with Crippen molar-refractivity contribution in [1.82, 2.24) is 0 Å². The second-order valence-corrected chi connectivity index (χ2v) is 4.12. The minimum Gasteiger partial charge on any atom is -0.508 e. The molecule has 2 aromatic rings. The third kappa shape index (κ3) is 2.78. The van der Waals surface area contributed by atoms with Crippen LogP contribution in [0.5, 0.6) is 5.75 Å². The lowest BCUT2D eigenvalue weighted by Crippen LogP contribution is -2.36. The van der Waals surface area contributed by atoms with Crippen LogP contribution in [0.1, 0.15) is 11.6 Å². The van der Waals surface area contributed by atoms with Crippen LogP contribution in [-0.2, 0) is 0 Å². The molecule has 19 heavy (non-hydrogen) atoms. The highest BCUT2D eigenvalue weighted by atomic mass is 35.5. The smallest absolute Gasteiger partial charge is 0.289 e. The third-order valence-electron chi connectivity index (χ3n) is 2.92. The van der Waals surface area contributed by atoms with Gasteiger partial charge in [-0.05, 0) is 16.8 Å². The highest BCUT2D eigenvalue weighted by Crippen LogP contribution is 2.38. The van der Waals surface area contributed by atoms with E-state index in [2.05, 4.69) is 0 Å². The van der Waals surface area contributed by atoms with Gasteiger partial charge in [-0.15, -0.1) is 12.4 Å². The summed E-state index contributed by atoms with van der Waals surface area (Å²) in [4.78, 5) is 0. The molecule has 6 heteroatoms. The number of rotatable bonds is 3. The van der Waals surface area contributed by atoms with Crippen LogP contribution in [0.3, 0.4) is 0 Å². The molecule has 0 radical (unpaired) electrons. The lowest BCUT2D eigenvalue weighted by Gasteiger charge is -2.23. The summed E-state index contributed by atoms with van der Waals surface area (Å²) >= 11 is 0.